The molecule has 0 atom stereocenters. The van der Waals surface area contributed by atoms with Crippen molar-refractivity contribution in [3.63, 3.8) is 0 Å². The van der Waals surface area contributed by atoms with Crippen LogP contribution in [0.1, 0.15) is 18.4 Å². The van der Waals surface area contributed by atoms with Gasteiger partial charge in [0.25, 0.3) is 5.56 Å². The van der Waals surface area contributed by atoms with Crippen molar-refractivity contribution in [2.45, 2.75) is 25.6 Å². The highest BCUT2D eigenvalue weighted by atomic mass is 35.5. The first kappa shape index (κ1) is 24.9. The van der Waals surface area contributed by atoms with Crippen molar-refractivity contribution in [3.8, 4) is 16.8 Å². The molecule has 0 amide bonds. The number of aromatic nitrogens is 3. The lowest BCUT2D eigenvalue weighted by Crippen LogP contribution is -2.24. The third-order valence-electron chi connectivity index (χ3n) is 6.26. The molecule has 1 aliphatic rings. The predicted octanol–water partition coefficient (Wildman–Crippen LogP) is 5.53. The van der Waals surface area contributed by atoms with Gasteiger partial charge in [-0.3, -0.25) is 14.0 Å². The number of nitrogens with zero attached hydrogens (tertiary/aromatic N) is 4. The van der Waals surface area contributed by atoms with Crippen LogP contribution in [0.4, 0.5) is 17.6 Å². The minimum absolute atomic E-state index is 0. The van der Waals surface area contributed by atoms with Crippen molar-refractivity contribution >= 4 is 23.3 Å². The molecule has 2 aromatic heterocycles. The zero-order chi connectivity index (χ0) is 23.9. The number of hydrogen-bond donors (Lipinski definition) is 0. The molecule has 5 nitrogen and oxygen atoms in total. The third-order valence-corrected chi connectivity index (χ3v) is 6.26. The van der Waals surface area contributed by atoms with Gasteiger partial charge in [-0.05, 0) is 67.9 Å². The van der Waals surface area contributed by atoms with Gasteiger partial charge in [0, 0.05) is 35.4 Å². The summed E-state index contributed by atoms with van der Waals surface area (Å²) in [6.45, 7) is 3.98. The van der Waals surface area contributed by atoms with Crippen LogP contribution in [0.3, 0.4) is 0 Å². The van der Waals surface area contributed by atoms with Crippen LogP contribution < -0.4 is 5.56 Å². The number of benzene rings is 2. The molecule has 1 saturated heterocycles. The molecule has 10 heteroatoms. The molecule has 0 unspecified atom stereocenters. The van der Waals surface area contributed by atoms with Crippen molar-refractivity contribution < 1.29 is 17.6 Å². The molecule has 1 fully saturated rings. The van der Waals surface area contributed by atoms with Crippen LogP contribution in [0, 0.1) is 5.82 Å². The van der Waals surface area contributed by atoms with Crippen LogP contribution in [0.2, 0.25) is 0 Å². The first-order valence-electron chi connectivity index (χ1n) is 11.1. The van der Waals surface area contributed by atoms with E-state index in [1.165, 1.54) is 35.7 Å². The molecule has 0 saturated carbocycles. The maximum atomic E-state index is 14.3. The fourth-order valence-electron chi connectivity index (χ4n) is 4.43. The topological polar surface area (TPSA) is 43.1 Å². The highest BCUT2D eigenvalue weighted by Gasteiger charge is 2.31. The quantitative estimate of drug-likeness (QED) is 0.334. The van der Waals surface area contributed by atoms with Gasteiger partial charge >= 0.3 is 6.18 Å². The molecule has 3 heterocycles. The fourth-order valence-corrected chi connectivity index (χ4v) is 4.43. The Morgan fingerprint density at radius 2 is 1.71 bits per heavy atom. The lowest BCUT2D eigenvalue weighted by atomic mass is 10.0. The first-order chi connectivity index (χ1) is 16.3. The Balaban J connectivity index is 0.00000289. The van der Waals surface area contributed by atoms with Crippen LogP contribution in [0.5, 0.6) is 0 Å². The van der Waals surface area contributed by atoms with E-state index in [2.05, 4.69) is 10.00 Å². The molecule has 0 spiro atoms. The SMILES string of the molecule is Cl.O=c1cc(-c2ccc(C(F)(F)F)cc2F)ccn1-c1ccc2c(cnn2CCN2CCCC2)c1. The summed E-state index contributed by atoms with van der Waals surface area (Å²) in [5.41, 5.74) is 0.250. The van der Waals surface area contributed by atoms with Gasteiger partial charge in [0.05, 0.1) is 23.8 Å². The molecule has 0 bridgehead atoms. The van der Waals surface area contributed by atoms with Gasteiger partial charge in [0.1, 0.15) is 5.82 Å². The standard InChI is InChI=1S/C25H22F4N4O.ClH/c26-22-15-19(25(27,28)29)3-5-21(22)17-7-10-32(24(34)14-17)20-4-6-23-18(13-20)16-30-33(23)12-11-31-8-1-2-9-31;/h3-7,10,13-16H,1-2,8-9,11-12H2;1H. The normalized spacial score (nSPS) is 14.4. The summed E-state index contributed by atoms with van der Waals surface area (Å²) in [4.78, 5) is 15.2. The van der Waals surface area contributed by atoms with Gasteiger partial charge in [-0.25, -0.2) is 4.39 Å². The molecule has 4 aromatic rings. The van der Waals surface area contributed by atoms with E-state index in [9.17, 15) is 22.4 Å². The second-order valence-electron chi connectivity index (χ2n) is 8.48. The number of hydrogen-bond acceptors (Lipinski definition) is 3. The van der Waals surface area contributed by atoms with Crippen molar-refractivity contribution in [3.05, 3.63) is 82.7 Å². The van der Waals surface area contributed by atoms with E-state index in [0.29, 0.717) is 11.8 Å². The Morgan fingerprint density at radius 1 is 0.943 bits per heavy atom. The summed E-state index contributed by atoms with van der Waals surface area (Å²) >= 11 is 0. The summed E-state index contributed by atoms with van der Waals surface area (Å²) in [7, 11) is 0. The lowest BCUT2D eigenvalue weighted by molar-refractivity contribution is -0.137. The number of likely N-dealkylation sites (tertiary alicyclic amines) is 1. The Hall–Kier alpha value is -3.17. The maximum Gasteiger partial charge on any atom is 0.416 e. The van der Waals surface area contributed by atoms with Crippen LogP contribution in [0.15, 0.2) is 65.7 Å². The first-order valence-corrected chi connectivity index (χ1v) is 11.1. The molecule has 5 rings (SSSR count). The zero-order valence-corrected chi connectivity index (χ0v) is 19.4. The van der Waals surface area contributed by atoms with Gasteiger partial charge < -0.3 is 4.90 Å². The molecule has 0 radical (unpaired) electrons. The van der Waals surface area contributed by atoms with E-state index in [1.807, 2.05) is 22.9 Å². The van der Waals surface area contributed by atoms with Gasteiger partial charge in [-0.1, -0.05) is 6.07 Å². The summed E-state index contributed by atoms with van der Waals surface area (Å²) in [6, 6.07) is 10.6. The minimum Gasteiger partial charge on any atom is -0.301 e. The molecule has 0 aliphatic carbocycles. The molecular weight excluding hydrogens is 484 g/mol. The van der Waals surface area contributed by atoms with E-state index in [0.717, 1.165) is 49.2 Å². The van der Waals surface area contributed by atoms with Crippen molar-refractivity contribution in [2.75, 3.05) is 19.6 Å². The van der Waals surface area contributed by atoms with Crippen LogP contribution in [-0.2, 0) is 12.7 Å². The van der Waals surface area contributed by atoms with E-state index in [4.69, 9.17) is 0 Å². The van der Waals surface area contributed by atoms with Crippen molar-refractivity contribution in [1.29, 1.82) is 0 Å². The number of alkyl halides is 3. The smallest absolute Gasteiger partial charge is 0.301 e. The second kappa shape index (κ2) is 9.83. The molecule has 35 heavy (non-hydrogen) atoms. The molecule has 0 N–H and O–H groups in total. The van der Waals surface area contributed by atoms with Crippen molar-refractivity contribution in [2.24, 2.45) is 0 Å². The summed E-state index contributed by atoms with van der Waals surface area (Å²) in [5, 5.41) is 5.37. The third kappa shape index (κ3) is 5.11. The Kier molecular flexibility index (Phi) is 7.00. The fraction of sp³-hybridized carbons (Fsp3) is 0.280. The van der Waals surface area contributed by atoms with E-state index in [1.54, 1.807) is 6.20 Å². The van der Waals surface area contributed by atoms with Crippen LogP contribution in [-0.4, -0.2) is 38.9 Å². The highest BCUT2D eigenvalue weighted by molar-refractivity contribution is 5.85. The summed E-state index contributed by atoms with van der Waals surface area (Å²) < 4.78 is 56.1. The highest BCUT2D eigenvalue weighted by Crippen LogP contribution is 2.32. The van der Waals surface area contributed by atoms with E-state index >= 15 is 0 Å². The average Bonchev–Trinajstić information content (AvgIpc) is 3.46. The largest absolute Gasteiger partial charge is 0.416 e. The van der Waals surface area contributed by atoms with Gasteiger partial charge in [-0.15, -0.1) is 12.4 Å². The van der Waals surface area contributed by atoms with Crippen molar-refractivity contribution in [1.82, 2.24) is 19.2 Å². The second-order valence-corrected chi connectivity index (χ2v) is 8.48. The molecule has 1 aliphatic heterocycles. The van der Waals surface area contributed by atoms with E-state index in [-0.39, 0.29) is 23.5 Å². The monoisotopic (exact) mass is 506 g/mol. The average molecular weight is 507 g/mol. The molecule has 2 aromatic carbocycles. The lowest BCUT2D eigenvalue weighted by Gasteiger charge is -2.14. The van der Waals surface area contributed by atoms with Gasteiger partial charge in [0.15, 0.2) is 0 Å². The molecule has 184 valence electrons. The Bertz CT molecular complexity index is 1410. The van der Waals surface area contributed by atoms with Crippen LogP contribution >= 0.6 is 12.4 Å². The number of halogens is 5. The molecular formula is C25H23ClF4N4O. The zero-order valence-electron chi connectivity index (χ0n) is 18.6. The van der Waals surface area contributed by atoms with Gasteiger partial charge in [-0.2, -0.15) is 18.3 Å². The van der Waals surface area contributed by atoms with Crippen LogP contribution in [0.25, 0.3) is 27.7 Å². The summed E-state index contributed by atoms with van der Waals surface area (Å²) in [6.07, 6.45) is 1.10. The Morgan fingerprint density at radius 3 is 2.40 bits per heavy atom. The number of fused-ring (bicyclic) bond motifs is 1. The summed E-state index contributed by atoms with van der Waals surface area (Å²) in [5.74, 6) is -1.03. The maximum absolute atomic E-state index is 14.3. The minimum atomic E-state index is -4.64. The van der Waals surface area contributed by atoms with E-state index < -0.39 is 23.1 Å². The predicted molar refractivity (Wildman–Crippen MR) is 129 cm³/mol. The Labute approximate surface area is 205 Å². The number of pyridine rings is 1. The van der Waals surface area contributed by atoms with Gasteiger partial charge in [0.2, 0.25) is 0 Å². The number of rotatable bonds is 5.